The van der Waals surface area contributed by atoms with Crippen LogP contribution in [0, 0.1) is 0 Å². The van der Waals surface area contributed by atoms with Crippen LogP contribution in [0.1, 0.15) is 42.5 Å². The van der Waals surface area contributed by atoms with Crippen molar-refractivity contribution in [3.63, 3.8) is 0 Å². The Labute approximate surface area is 150 Å². The van der Waals surface area contributed by atoms with Crippen LogP contribution in [0.15, 0.2) is 27.5 Å². The predicted molar refractivity (Wildman–Crippen MR) is 91.7 cm³/mol. The highest BCUT2D eigenvalue weighted by Gasteiger charge is 2.34. The second-order valence-electron chi connectivity index (χ2n) is 6.48. The van der Waals surface area contributed by atoms with Crippen molar-refractivity contribution >= 4 is 33.5 Å². The Bertz CT molecular complexity index is 908. The van der Waals surface area contributed by atoms with E-state index < -0.39 is 28.1 Å². The van der Waals surface area contributed by atoms with Gasteiger partial charge >= 0.3 is 11.9 Å². The quantitative estimate of drug-likeness (QED) is 0.721. The fraction of sp³-hybridized carbons (Fsp3) is 0.471. The summed E-state index contributed by atoms with van der Waals surface area (Å²) in [5.41, 5.74) is 0.606. The van der Waals surface area contributed by atoms with Gasteiger partial charge in [0.1, 0.15) is 10.7 Å². The number of carbonyl (C=O) groups excluding carboxylic acids is 2. The van der Waals surface area contributed by atoms with Crippen molar-refractivity contribution in [1.82, 2.24) is 0 Å². The third-order valence-corrected chi connectivity index (χ3v) is 6.05. The van der Waals surface area contributed by atoms with Gasteiger partial charge in [-0.1, -0.05) is 6.42 Å². The van der Waals surface area contributed by atoms with Crippen molar-refractivity contribution in [2.24, 2.45) is 4.40 Å². The summed E-state index contributed by atoms with van der Waals surface area (Å²) >= 11 is 0. The van der Waals surface area contributed by atoms with Crippen molar-refractivity contribution in [2.75, 3.05) is 18.1 Å². The van der Waals surface area contributed by atoms with Crippen molar-refractivity contribution < 1.29 is 27.5 Å². The van der Waals surface area contributed by atoms with Gasteiger partial charge in [0, 0.05) is 19.4 Å². The molecule has 3 aliphatic heterocycles. The summed E-state index contributed by atoms with van der Waals surface area (Å²) in [4.78, 5) is 25.7. The lowest BCUT2D eigenvalue weighted by molar-refractivity contribution is -0.145. The molecule has 0 N–H and O–H groups in total. The maximum Gasteiger partial charge on any atom is 0.347 e. The molecule has 0 bridgehead atoms. The van der Waals surface area contributed by atoms with Gasteiger partial charge in [0.05, 0.1) is 17.9 Å². The first kappa shape index (κ1) is 17.0. The first-order chi connectivity index (χ1) is 12.5. The minimum atomic E-state index is -3.88. The summed E-state index contributed by atoms with van der Waals surface area (Å²) in [6, 6.07) is 4.40. The summed E-state index contributed by atoms with van der Waals surface area (Å²) in [5.74, 6) is -0.778. The average Bonchev–Trinajstić information content (AvgIpc) is 2.87. The van der Waals surface area contributed by atoms with Crippen molar-refractivity contribution in [2.45, 2.75) is 43.1 Å². The van der Waals surface area contributed by atoms with Gasteiger partial charge < -0.3 is 14.4 Å². The zero-order valence-electron chi connectivity index (χ0n) is 14.0. The smallest absolute Gasteiger partial charge is 0.347 e. The predicted octanol–water partition coefficient (Wildman–Crippen LogP) is 1.64. The Hall–Kier alpha value is -2.42. The molecular formula is C17H18N2O6S. The molecule has 26 heavy (non-hydrogen) atoms. The molecule has 3 aliphatic rings. The Kier molecular flexibility index (Phi) is 4.18. The van der Waals surface area contributed by atoms with E-state index in [0.29, 0.717) is 30.9 Å². The lowest BCUT2D eigenvalue weighted by Crippen LogP contribution is -2.35. The number of cyclic esters (lactones) is 1. The standard InChI is InChI=1S/C17H18N2O6S/c20-16(25-13-7-9-24-17(13)21)11-5-6-12-14(10-11)26(22,23)18-15-4-2-1-3-8-19(12)15/h5-6,10,13H,1-4,7-9H2/t13-/m0/s1. The Balaban J connectivity index is 1.67. The maximum absolute atomic E-state index is 12.6. The number of anilines is 1. The number of amidine groups is 1. The highest BCUT2D eigenvalue weighted by molar-refractivity contribution is 7.90. The van der Waals surface area contributed by atoms with Gasteiger partial charge in [0.15, 0.2) is 0 Å². The number of hydrogen-bond donors (Lipinski definition) is 0. The van der Waals surface area contributed by atoms with Gasteiger partial charge in [-0.05, 0) is 31.0 Å². The minimum absolute atomic E-state index is 0.00778. The summed E-state index contributed by atoms with van der Waals surface area (Å²) in [7, 11) is -3.88. The molecule has 0 aromatic heterocycles. The van der Waals surface area contributed by atoms with Crippen LogP contribution in [0.25, 0.3) is 0 Å². The number of hydrogen-bond acceptors (Lipinski definition) is 7. The number of rotatable bonds is 2. The van der Waals surface area contributed by atoms with Crippen LogP contribution in [-0.2, 0) is 24.3 Å². The lowest BCUT2D eigenvalue weighted by Gasteiger charge is -2.29. The normalized spacial score (nSPS) is 24.0. The van der Waals surface area contributed by atoms with Crippen LogP contribution in [0.3, 0.4) is 0 Å². The van der Waals surface area contributed by atoms with E-state index in [4.69, 9.17) is 9.47 Å². The zero-order chi connectivity index (χ0) is 18.3. The minimum Gasteiger partial charge on any atom is -0.463 e. The van der Waals surface area contributed by atoms with Crippen LogP contribution >= 0.6 is 0 Å². The Morgan fingerprint density at radius 2 is 2.12 bits per heavy atom. The SMILES string of the molecule is O=C(O[C@H]1CCOC1=O)c1ccc2c(c1)S(=O)(=O)N=C1CCCCCN12. The molecule has 0 saturated carbocycles. The van der Waals surface area contributed by atoms with Gasteiger partial charge in [0.2, 0.25) is 6.10 Å². The number of nitrogens with zero attached hydrogens (tertiary/aromatic N) is 2. The number of fused-ring (bicyclic) bond motifs is 3. The van der Waals surface area contributed by atoms with Crippen molar-refractivity contribution in [3.8, 4) is 0 Å². The van der Waals surface area contributed by atoms with E-state index in [-0.39, 0.29) is 17.1 Å². The van der Waals surface area contributed by atoms with Gasteiger partial charge in [-0.3, -0.25) is 0 Å². The van der Waals surface area contributed by atoms with E-state index in [9.17, 15) is 18.0 Å². The van der Waals surface area contributed by atoms with Crippen LogP contribution in [0.4, 0.5) is 5.69 Å². The molecule has 1 atom stereocenters. The van der Waals surface area contributed by atoms with E-state index in [1.54, 1.807) is 6.07 Å². The Morgan fingerprint density at radius 3 is 2.88 bits per heavy atom. The van der Waals surface area contributed by atoms with Crippen LogP contribution in [0.2, 0.25) is 0 Å². The molecule has 8 nitrogen and oxygen atoms in total. The van der Waals surface area contributed by atoms with E-state index >= 15 is 0 Å². The molecule has 0 spiro atoms. The second-order valence-corrected chi connectivity index (χ2v) is 8.05. The molecule has 0 unspecified atom stereocenters. The summed E-state index contributed by atoms with van der Waals surface area (Å²) in [5, 5.41) is 0. The second kappa shape index (κ2) is 6.39. The molecule has 138 valence electrons. The van der Waals surface area contributed by atoms with Gasteiger partial charge in [0.25, 0.3) is 10.0 Å². The van der Waals surface area contributed by atoms with Gasteiger partial charge in [-0.15, -0.1) is 4.40 Å². The number of sulfonamides is 1. The lowest BCUT2D eigenvalue weighted by atomic mass is 10.1. The number of carbonyl (C=O) groups is 2. The highest BCUT2D eigenvalue weighted by atomic mass is 32.2. The van der Waals surface area contributed by atoms with Crippen molar-refractivity contribution in [3.05, 3.63) is 23.8 Å². The largest absolute Gasteiger partial charge is 0.463 e. The maximum atomic E-state index is 12.6. The number of benzene rings is 1. The van der Waals surface area contributed by atoms with E-state index in [0.717, 1.165) is 19.3 Å². The molecule has 4 rings (SSSR count). The number of ether oxygens (including phenoxy) is 2. The third kappa shape index (κ3) is 2.96. The summed E-state index contributed by atoms with van der Waals surface area (Å²) < 4.78 is 39.0. The molecule has 2 fully saturated rings. The molecular weight excluding hydrogens is 360 g/mol. The van der Waals surface area contributed by atoms with Crippen LogP contribution in [0.5, 0.6) is 0 Å². The van der Waals surface area contributed by atoms with Gasteiger partial charge in [-0.2, -0.15) is 8.42 Å². The van der Waals surface area contributed by atoms with E-state index in [1.165, 1.54) is 12.1 Å². The molecule has 3 heterocycles. The summed E-state index contributed by atoms with van der Waals surface area (Å²) in [6.07, 6.45) is 2.85. The fourth-order valence-electron chi connectivity index (χ4n) is 3.39. The molecule has 9 heteroatoms. The third-order valence-electron chi connectivity index (χ3n) is 4.72. The molecule has 1 aromatic carbocycles. The molecule has 2 saturated heterocycles. The van der Waals surface area contributed by atoms with Crippen LogP contribution in [-0.4, -0.2) is 45.4 Å². The van der Waals surface area contributed by atoms with E-state index in [1.807, 2.05) is 4.90 Å². The van der Waals surface area contributed by atoms with E-state index in [2.05, 4.69) is 4.40 Å². The topological polar surface area (TPSA) is 102 Å². The zero-order valence-corrected chi connectivity index (χ0v) is 14.8. The Morgan fingerprint density at radius 1 is 1.27 bits per heavy atom. The van der Waals surface area contributed by atoms with Crippen molar-refractivity contribution in [1.29, 1.82) is 0 Å². The number of esters is 2. The first-order valence-electron chi connectivity index (χ1n) is 8.59. The molecule has 1 aromatic rings. The molecule has 0 aliphatic carbocycles. The first-order valence-corrected chi connectivity index (χ1v) is 10.0. The van der Waals surface area contributed by atoms with Gasteiger partial charge in [-0.25, -0.2) is 9.59 Å². The van der Waals surface area contributed by atoms with Crippen LogP contribution < -0.4 is 4.90 Å². The fourth-order valence-corrected chi connectivity index (χ4v) is 4.67. The summed E-state index contributed by atoms with van der Waals surface area (Å²) in [6.45, 7) is 0.904. The average molecular weight is 378 g/mol. The molecule has 0 radical (unpaired) electrons. The monoisotopic (exact) mass is 378 g/mol. The highest BCUT2D eigenvalue weighted by Crippen LogP contribution is 2.35. The molecule has 0 amide bonds.